The number of anilines is 1. The molecule has 9 nitrogen and oxygen atoms in total. The zero-order valence-corrected chi connectivity index (χ0v) is 21.3. The second-order valence-corrected chi connectivity index (χ2v) is 9.82. The maximum absolute atomic E-state index is 12.3. The molecule has 1 aromatic heterocycles. The van der Waals surface area contributed by atoms with E-state index in [1.54, 1.807) is 18.2 Å². The van der Waals surface area contributed by atoms with Crippen LogP contribution in [0.25, 0.3) is 17.5 Å². The quantitative estimate of drug-likeness (QED) is 0.161. The predicted molar refractivity (Wildman–Crippen MR) is 141 cm³/mol. The zero-order chi connectivity index (χ0) is 25.7. The number of carbonyl (C=O) groups is 1. The third-order valence-electron chi connectivity index (χ3n) is 6.00. The summed E-state index contributed by atoms with van der Waals surface area (Å²) in [5.74, 6) is -0.547. The van der Waals surface area contributed by atoms with Gasteiger partial charge in [-0.25, -0.2) is 4.79 Å². The van der Waals surface area contributed by atoms with Crippen LogP contribution in [0.4, 0.5) is 11.4 Å². The van der Waals surface area contributed by atoms with Crippen LogP contribution < -0.4 is 4.90 Å². The number of rotatable bonds is 8. The summed E-state index contributed by atoms with van der Waals surface area (Å²) in [6.07, 6.45) is 5.80. The van der Waals surface area contributed by atoms with E-state index in [-0.39, 0.29) is 10.6 Å². The Morgan fingerprint density at radius 1 is 1.14 bits per heavy atom. The number of hydrogen-bond acceptors (Lipinski definition) is 7. The Bertz CT molecular complexity index is 1280. The SMILES string of the molecule is CCn1c(S/C(=C/c2cc([N+](=O)[O-])ccc2N2CCCCCC2)C(=O)O)nnc1-c1ccc(Cl)cc1. The molecule has 36 heavy (non-hydrogen) atoms. The Labute approximate surface area is 217 Å². The van der Waals surface area contributed by atoms with E-state index in [1.165, 1.54) is 18.2 Å². The Kier molecular flexibility index (Phi) is 8.27. The van der Waals surface area contributed by atoms with Gasteiger partial charge >= 0.3 is 5.97 Å². The molecule has 3 aromatic rings. The van der Waals surface area contributed by atoms with Crippen molar-refractivity contribution in [3.63, 3.8) is 0 Å². The lowest BCUT2D eigenvalue weighted by atomic mass is 10.1. The summed E-state index contributed by atoms with van der Waals surface area (Å²) >= 11 is 6.97. The van der Waals surface area contributed by atoms with Gasteiger partial charge < -0.3 is 14.6 Å². The average molecular weight is 528 g/mol. The monoisotopic (exact) mass is 527 g/mol. The molecule has 2 heterocycles. The molecule has 0 radical (unpaired) electrons. The predicted octanol–water partition coefficient (Wildman–Crippen LogP) is 6.12. The molecule has 1 N–H and O–H groups in total. The first-order chi connectivity index (χ1) is 17.4. The first-order valence-electron chi connectivity index (χ1n) is 11.7. The van der Waals surface area contributed by atoms with Gasteiger partial charge in [-0.1, -0.05) is 24.4 Å². The van der Waals surface area contributed by atoms with Gasteiger partial charge in [0.05, 0.1) is 4.92 Å². The third kappa shape index (κ3) is 5.88. The van der Waals surface area contributed by atoms with Crippen LogP contribution in [-0.2, 0) is 11.3 Å². The Hall–Kier alpha value is -3.37. The molecule has 0 saturated carbocycles. The number of nitrogens with zero attached hydrogens (tertiary/aromatic N) is 5. The molecule has 0 amide bonds. The highest BCUT2D eigenvalue weighted by atomic mass is 35.5. The van der Waals surface area contributed by atoms with Gasteiger partial charge in [-0.3, -0.25) is 10.1 Å². The first-order valence-corrected chi connectivity index (χ1v) is 12.9. The lowest BCUT2D eigenvalue weighted by Crippen LogP contribution is -2.24. The fourth-order valence-corrected chi connectivity index (χ4v) is 5.21. The van der Waals surface area contributed by atoms with Crippen molar-refractivity contribution in [3.05, 3.63) is 68.1 Å². The number of carboxylic acid groups (broad SMARTS) is 1. The van der Waals surface area contributed by atoms with Gasteiger partial charge in [-0.2, -0.15) is 0 Å². The van der Waals surface area contributed by atoms with Crippen molar-refractivity contribution in [2.24, 2.45) is 0 Å². The second kappa shape index (κ2) is 11.6. The zero-order valence-electron chi connectivity index (χ0n) is 19.8. The van der Waals surface area contributed by atoms with E-state index in [9.17, 15) is 20.0 Å². The van der Waals surface area contributed by atoms with Gasteiger partial charge in [0.1, 0.15) is 4.91 Å². The number of benzene rings is 2. The summed E-state index contributed by atoms with van der Waals surface area (Å²) in [6.45, 7) is 4.09. The summed E-state index contributed by atoms with van der Waals surface area (Å²) in [6, 6.07) is 11.8. The molecule has 1 aliphatic heterocycles. The second-order valence-electron chi connectivity index (χ2n) is 8.37. The Balaban J connectivity index is 1.73. The molecule has 1 aliphatic rings. The minimum absolute atomic E-state index is 0.00340. The van der Waals surface area contributed by atoms with Crippen LogP contribution in [0.2, 0.25) is 5.02 Å². The number of aliphatic carboxylic acids is 1. The highest BCUT2D eigenvalue weighted by Gasteiger charge is 2.21. The Morgan fingerprint density at radius 3 is 2.44 bits per heavy atom. The van der Waals surface area contributed by atoms with Crippen LogP contribution in [0, 0.1) is 10.1 Å². The molecular formula is C25H26ClN5O4S. The topological polar surface area (TPSA) is 114 Å². The fraction of sp³-hybridized carbons (Fsp3) is 0.320. The largest absolute Gasteiger partial charge is 0.477 e. The van der Waals surface area contributed by atoms with Gasteiger partial charge in [0, 0.05) is 53.6 Å². The number of aromatic nitrogens is 3. The van der Waals surface area contributed by atoms with Gasteiger partial charge in [0.2, 0.25) is 0 Å². The lowest BCUT2D eigenvalue weighted by Gasteiger charge is -2.24. The molecule has 0 bridgehead atoms. The van der Waals surface area contributed by atoms with Crippen LogP contribution >= 0.6 is 23.4 Å². The molecule has 1 saturated heterocycles. The smallest absolute Gasteiger partial charge is 0.342 e. The molecule has 1 fully saturated rings. The van der Waals surface area contributed by atoms with E-state index < -0.39 is 10.9 Å². The van der Waals surface area contributed by atoms with Crippen molar-refractivity contribution < 1.29 is 14.8 Å². The fourth-order valence-electron chi connectivity index (χ4n) is 4.21. The summed E-state index contributed by atoms with van der Waals surface area (Å²) in [5, 5.41) is 31.0. The number of nitro benzene ring substituents is 1. The van der Waals surface area contributed by atoms with E-state index in [2.05, 4.69) is 15.1 Å². The molecule has 0 unspecified atom stereocenters. The molecule has 11 heteroatoms. The van der Waals surface area contributed by atoms with E-state index in [1.807, 2.05) is 23.6 Å². The normalized spacial score (nSPS) is 14.5. The summed E-state index contributed by atoms with van der Waals surface area (Å²) in [5.41, 5.74) is 2.01. The van der Waals surface area contributed by atoms with Gasteiger partial charge in [-0.15, -0.1) is 10.2 Å². The standard InChI is InChI=1S/C25H26ClN5O4S/c1-2-30-23(17-7-9-19(26)10-8-17)27-28-25(30)36-22(24(32)33)16-18-15-20(31(34)35)11-12-21(18)29-13-5-3-4-6-14-29/h7-12,15-16H,2-6,13-14H2,1H3,(H,32,33)/b22-16+. The van der Waals surface area contributed by atoms with Crippen LogP contribution in [0.15, 0.2) is 52.5 Å². The van der Waals surface area contributed by atoms with Crippen molar-refractivity contribution >= 4 is 46.8 Å². The lowest BCUT2D eigenvalue weighted by molar-refractivity contribution is -0.384. The van der Waals surface area contributed by atoms with Crippen LogP contribution in [-0.4, -0.2) is 43.9 Å². The minimum Gasteiger partial charge on any atom is -0.477 e. The average Bonchev–Trinajstić information content (AvgIpc) is 3.07. The molecule has 0 aliphatic carbocycles. The van der Waals surface area contributed by atoms with E-state index in [0.717, 1.165) is 61.8 Å². The third-order valence-corrected chi connectivity index (χ3v) is 7.25. The summed E-state index contributed by atoms with van der Waals surface area (Å²) in [4.78, 5) is 25.5. The van der Waals surface area contributed by atoms with Gasteiger partial charge in [0.25, 0.3) is 5.69 Å². The summed E-state index contributed by atoms with van der Waals surface area (Å²) in [7, 11) is 0. The molecule has 4 rings (SSSR count). The van der Waals surface area contributed by atoms with Crippen molar-refractivity contribution in [2.75, 3.05) is 18.0 Å². The maximum atomic E-state index is 12.3. The van der Waals surface area contributed by atoms with Crippen molar-refractivity contribution in [1.82, 2.24) is 14.8 Å². The van der Waals surface area contributed by atoms with Crippen molar-refractivity contribution in [3.8, 4) is 11.4 Å². The number of carboxylic acids is 1. The molecule has 2 aromatic carbocycles. The van der Waals surface area contributed by atoms with Crippen LogP contribution in [0.5, 0.6) is 0 Å². The number of hydrogen-bond donors (Lipinski definition) is 1. The van der Waals surface area contributed by atoms with Gasteiger partial charge in [-0.05, 0) is 67.9 Å². The van der Waals surface area contributed by atoms with E-state index in [4.69, 9.17) is 11.6 Å². The molecule has 0 spiro atoms. The van der Waals surface area contributed by atoms with Crippen LogP contribution in [0.3, 0.4) is 0 Å². The minimum atomic E-state index is -1.15. The first kappa shape index (κ1) is 25.7. The highest BCUT2D eigenvalue weighted by Crippen LogP contribution is 2.34. The van der Waals surface area contributed by atoms with Gasteiger partial charge in [0.15, 0.2) is 11.0 Å². The molecular weight excluding hydrogens is 502 g/mol. The highest BCUT2D eigenvalue weighted by molar-refractivity contribution is 8.04. The number of halogens is 1. The van der Waals surface area contributed by atoms with E-state index >= 15 is 0 Å². The summed E-state index contributed by atoms with van der Waals surface area (Å²) < 4.78 is 1.83. The number of nitro groups is 1. The molecule has 188 valence electrons. The maximum Gasteiger partial charge on any atom is 0.342 e. The van der Waals surface area contributed by atoms with Crippen molar-refractivity contribution in [1.29, 1.82) is 0 Å². The molecule has 0 atom stereocenters. The number of non-ortho nitro benzene ring substituents is 1. The Morgan fingerprint density at radius 2 is 1.83 bits per heavy atom. The van der Waals surface area contributed by atoms with Crippen molar-refractivity contribution in [2.45, 2.75) is 44.3 Å². The van der Waals surface area contributed by atoms with Crippen LogP contribution in [0.1, 0.15) is 38.2 Å². The van der Waals surface area contributed by atoms with E-state index in [0.29, 0.717) is 28.1 Å². The number of thioether (sulfide) groups is 1.